The molecular weight excluding hydrogens is 302 g/mol. The number of hydrogen-bond acceptors (Lipinski definition) is 4. The summed E-state index contributed by atoms with van der Waals surface area (Å²) in [6.07, 6.45) is 2.58. The number of anilines is 1. The lowest BCUT2D eigenvalue weighted by molar-refractivity contribution is 0.0197. The Labute approximate surface area is 144 Å². The average molecular weight is 327 g/mol. The van der Waals surface area contributed by atoms with Crippen molar-refractivity contribution in [1.82, 2.24) is 0 Å². The molecule has 2 aromatic rings. The molecule has 1 aliphatic rings. The molecule has 0 aliphatic carbocycles. The molecular formula is C20H25NO3. The van der Waals surface area contributed by atoms with Crippen LogP contribution in [0.5, 0.6) is 11.5 Å². The highest BCUT2D eigenvalue weighted by molar-refractivity contribution is 5.49. The number of para-hydroxylation sites is 1. The fourth-order valence-electron chi connectivity index (χ4n) is 2.71. The first-order valence-corrected chi connectivity index (χ1v) is 8.55. The molecule has 128 valence electrons. The molecule has 3 rings (SSSR count). The Morgan fingerprint density at radius 3 is 2.50 bits per heavy atom. The smallest absolute Gasteiger partial charge is 0.127 e. The van der Waals surface area contributed by atoms with E-state index in [1.165, 1.54) is 0 Å². The van der Waals surface area contributed by atoms with Gasteiger partial charge in [0, 0.05) is 25.9 Å². The minimum Gasteiger partial charge on any atom is -0.457 e. The monoisotopic (exact) mass is 327 g/mol. The van der Waals surface area contributed by atoms with E-state index in [1.807, 2.05) is 42.5 Å². The summed E-state index contributed by atoms with van der Waals surface area (Å²) in [5, 5.41) is 0. The molecule has 0 amide bonds. The number of benzene rings is 2. The van der Waals surface area contributed by atoms with E-state index in [1.54, 1.807) is 0 Å². The lowest BCUT2D eigenvalue weighted by atomic mass is 10.2. The zero-order chi connectivity index (χ0) is 16.6. The van der Waals surface area contributed by atoms with Gasteiger partial charge in [0.25, 0.3) is 0 Å². The lowest BCUT2D eigenvalue weighted by Gasteiger charge is -2.20. The Balaban J connectivity index is 1.42. The van der Waals surface area contributed by atoms with E-state index in [2.05, 4.69) is 24.1 Å². The molecule has 0 bridgehead atoms. The van der Waals surface area contributed by atoms with Crippen LogP contribution in [0.3, 0.4) is 0 Å². The number of likely N-dealkylation sites (N-methyl/N-ethyl adjacent to an activating group) is 1. The van der Waals surface area contributed by atoms with Crippen LogP contribution in [0.4, 0.5) is 5.69 Å². The highest BCUT2D eigenvalue weighted by atomic mass is 16.5. The van der Waals surface area contributed by atoms with Crippen LogP contribution in [0.15, 0.2) is 54.6 Å². The molecule has 1 unspecified atom stereocenters. The van der Waals surface area contributed by atoms with Gasteiger partial charge >= 0.3 is 0 Å². The highest BCUT2D eigenvalue weighted by Gasteiger charge is 2.15. The number of hydrogen-bond donors (Lipinski definition) is 0. The third kappa shape index (κ3) is 4.98. The summed E-state index contributed by atoms with van der Waals surface area (Å²) in [5.74, 6) is 1.69. The molecule has 2 aromatic carbocycles. The van der Waals surface area contributed by atoms with E-state index in [9.17, 15) is 0 Å². The molecule has 4 heteroatoms. The topological polar surface area (TPSA) is 30.9 Å². The zero-order valence-corrected chi connectivity index (χ0v) is 14.2. The van der Waals surface area contributed by atoms with Gasteiger partial charge in [0.1, 0.15) is 11.5 Å². The molecule has 1 fully saturated rings. The van der Waals surface area contributed by atoms with Crippen LogP contribution in [-0.2, 0) is 9.47 Å². The quantitative estimate of drug-likeness (QED) is 0.683. The van der Waals surface area contributed by atoms with Gasteiger partial charge in [-0.3, -0.25) is 0 Å². The number of rotatable bonds is 8. The van der Waals surface area contributed by atoms with E-state index in [4.69, 9.17) is 14.2 Å². The van der Waals surface area contributed by atoms with E-state index in [-0.39, 0.29) is 0 Å². The Bertz CT molecular complexity index is 594. The molecule has 0 saturated carbocycles. The van der Waals surface area contributed by atoms with Crippen LogP contribution >= 0.6 is 0 Å². The molecule has 0 N–H and O–H groups in total. The Hall–Kier alpha value is -2.04. The molecule has 1 aliphatic heterocycles. The molecule has 4 nitrogen and oxygen atoms in total. The van der Waals surface area contributed by atoms with Crippen LogP contribution in [-0.4, -0.2) is 39.5 Å². The van der Waals surface area contributed by atoms with Crippen molar-refractivity contribution in [3.8, 4) is 11.5 Å². The largest absolute Gasteiger partial charge is 0.457 e. The maximum atomic E-state index is 5.81. The standard InChI is InChI=1S/C20H25NO3/c1-21(13-15-22-16-20-8-5-14-23-20)17-9-11-19(12-10-17)24-18-6-3-2-4-7-18/h2-4,6-7,9-12,20H,5,8,13-16H2,1H3. The van der Waals surface area contributed by atoms with Gasteiger partial charge in [0.2, 0.25) is 0 Å². The number of ether oxygens (including phenoxy) is 3. The average Bonchev–Trinajstić information content (AvgIpc) is 3.13. The van der Waals surface area contributed by atoms with Crippen molar-refractivity contribution in [3.63, 3.8) is 0 Å². The Morgan fingerprint density at radius 1 is 1.04 bits per heavy atom. The van der Waals surface area contributed by atoms with Gasteiger partial charge in [-0.2, -0.15) is 0 Å². The summed E-state index contributed by atoms with van der Waals surface area (Å²) in [6.45, 7) is 3.15. The minimum absolute atomic E-state index is 0.296. The fraction of sp³-hybridized carbons (Fsp3) is 0.400. The summed E-state index contributed by atoms with van der Waals surface area (Å²) in [5.41, 5.74) is 1.15. The Kier molecular flexibility index (Phi) is 6.10. The second-order valence-electron chi connectivity index (χ2n) is 6.04. The molecule has 1 heterocycles. The molecule has 0 radical (unpaired) electrons. The first-order chi connectivity index (χ1) is 11.8. The van der Waals surface area contributed by atoms with Crippen LogP contribution in [0, 0.1) is 0 Å². The van der Waals surface area contributed by atoms with Gasteiger partial charge in [0.15, 0.2) is 0 Å². The van der Waals surface area contributed by atoms with Crippen LogP contribution in [0.25, 0.3) is 0 Å². The summed E-state index contributed by atoms with van der Waals surface area (Å²) >= 11 is 0. The number of nitrogens with zero attached hydrogens (tertiary/aromatic N) is 1. The molecule has 24 heavy (non-hydrogen) atoms. The summed E-state index contributed by atoms with van der Waals surface area (Å²) < 4.78 is 17.1. The van der Waals surface area contributed by atoms with Crippen molar-refractivity contribution in [2.75, 3.05) is 38.3 Å². The third-order valence-corrected chi connectivity index (χ3v) is 4.16. The van der Waals surface area contributed by atoms with Gasteiger partial charge in [-0.15, -0.1) is 0 Å². The van der Waals surface area contributed by atoms with E-state index >= 15 is 0 Å². The van der Waals surface area contributed by atoms with E-state index in [0.29, 0.717) is 19.3 Å². The van der Waals surface area contributed by atoms with Gasteiger partial charge in [-0.05, 0) is 49.2 Å². The predicted molar refractivity (Wildman–Crippen MR) is 96.0 cm³/mol. The van der Waals surface area contributed by atoms with Crippen molar-refractivity contribution in [1.29, 1.82) is 0 Å². The normalized spacial score (nSPS) is 17.0. The van der Waals surface area contributed by atoms with Crippen LogP contribution in [0.2, 0.25) is 0 Å². The summed E-state index contributed by atoms with van der Waals surface area (Å²) in [6, 6.07) is 17.9. The fourth-order valence-corrected chi connectivity index (χ4v) is 2.71. The molecule has 1 saturated heterocycles. The maximum absolute atomic E-state index is 5.81. The first-order valence-electron chi connectivity index (χ1n) is 8.55. The highest BCUT2D eigenvalue weighted by Crippen LogP contribution is 2.23. The van der Waals surface area contributed by atoms with E-state index < -0.39 is 0 Å². The van der Waals surface area contributed by atoms with Crippen molar-refractivity contribution >= 4 is 5.69 Å². The Morgan fingerprint density at radius 2 is 1.79 bits per heavy atom. The molecule has 0 aromatic heterocycles. The summed E-state index contributed by atoms with van der Waals surface area (Å²) in [4.78, 5) is 2.18. The second-order valence-corrected chi connectivity index (χ2v) is 6.04. The molecule has 0 spiro atoms. The first kappa shape index (κ1) is 16.8. The van der Waals surface area contributed by atoms with Crippen molar-refractivity contribution in [2.24, 2.45) is 0 Å². The lowest BCUT2D eigenvalue weighted by Crippen LogP contribution is -2.24. The van der Waals surface area contributed by atoms with Gasteiger partial charge in [0.05, 0.1) is 19.3 Å². The zero-order valence-electron chi connectivity index (χ0n) is 14.2. The van der Waals surface area contributed by atoms with Crippen molar-refractivity contribution < 1.29 is 14.2 Å². The maximum Gasteiger partial charge on any atom is 0.127 e. The van der Waals surface area contributed by atoms with Gasteiger partial charge in [-0.25, -0.2) is 0 Å². The second kappa shape index (κ2) is 8.71. The van der Waals surface area contributed by atoms with Gasteiger partial charge < -0.3 is 19.1 Å². The van der Waals surface area contributed by atoms with Crippen LogP contribution < -0.4 is 9.64 Å². The van der Waals surface area contributed by atoms with Crippen molar-refractivity contribution in [2.45, 2.75) is 18.9 Å². The molecule has 1 atom stereocenters. The minimum atomic E-state index is 0.296. The van der Waals surface area contributed by atoms with Crippen LogP contribution in [0.1, 0.15) is 12.8 Å². The van der Waals surface area contributed by atoms with Gasteiger partial charge in [-0.1, -0.05) is 18.2 Å². The SMILES string of the molecule is CN(CCOCC1CCCO1)c1ccc(Oc2ccccc2)cc1. The van der Waals surface area contributed by atoms with Crippen molar-refractivity contribution in [3.05, 3.63) is 54.6 Å². The third-order valence-electron chi connectivity index (χ3n) is 4.16. The van der Waals surface area contributed by atoms with E-state index in [0.717, 1.165) is 43.2 Å². The predicted octanol–water partition coefficient (Wildman–Crippen LogP) is 4.11. The summed E-state index contributed by atoms with van der Waals surface area (Å²) in [7, 11) is 2.07.